The summed E-state index contributed by atoms with van der Waals surface area (Å²) < 4.78 is 17.1. The number of nitrogens with zero attached hydrogens (tertiary/aromatic N) is 2. The molecule has 0 aromatic carbocycles. The maximum absolute atomic E-state index is 5.93. The SMILES string of the molecule is CCNC(=NCC(c1ccc(C)o1)N1CCOCC1)NCCCOCC(C)C. The summed E-state index contributed by atoms with van der Waals surface area (Å²) in [6.07, 6.45) is 0.960. The fourth-order valence-electron chi connectivity index (χ4n) is 3.13. The molecule has 7 heteroatoms. The number of guanidine groups is 1. The fourth-order valence-corrected chi connectivity index (χ4v) is 3.13. The van der Waals surface area contributed by atoms with Crippen molar-refractivity contribution in [3.8, 4) is 0 Å². The highest BCUT2D eigenvalue weighted by Gasteiger charge is 2.25. The lowest BCUT2D eigenvalue weighted by atomic mass is 10.1. The van der Waals surface area contributed by atoms with E-state index in [1.54, 1.807) is 0 Å². The van der Waals surface area contributed by atoms with Crippen LogP contribution in [-0.4, -0.2) is 70.0 Å². The minimum atomic E-state index is 0.127. The minimum absolute atomic E-state index is 0.127. The number of rotatable bonds is 11. The first-order chi connectivity index (χ1) is 13.6. The molecule has 1 fully saturated rings. The summed E-state index contributed by atoms with van der Waals surface area (Å²) in [7, 11) is 0. The third-order valence-electron chi connectivity index (χ3n) is 4.55. The van der Waals surface area contributed by atoms with Crippen molar-refractivity contribution in [1.82, 2.24) is 15.5 Å². The van der Waals surface area contributed by atoms with Crippen LogP contribution < -0.4 is 10.6 Å². The summed E-state index contributed by atoms with van der Waals surface area (Å²) in [6.45, 7) is 15.6. The van der Waals surface area contributed by atoms with Gasteiger partial charge in [0.15, 0.2) is 5.96 Å². The first-order valence-electron chi connectivity index (χ1n) is 10.6. The Morgan fingerprint density at radius 2 is 2.04 bits per heavy atom. The van der Waals surface area contributed by atoms with E-state index < -0.39 is 0 Å². The molecule has 0 saturated carbocycles. The van der Waals surface area contributed by atoms with Gasteiger partial charge in [-0.05, 0) is 38.3 Å². The van der Waals surface area contributed by atoms with E-state index in [0.29, 0.717) is 12.5 Å². The van der Waals surface area contributed by atoms with Crippen LogP contribution in [0.3, 0.4) is 0 Å². The molecular formula is C21H38N4O3. The van der Waals surface area contributed by atoms with Crippen molar-refractivity contribution in [2.24, 2.45) is 10.9 Å². The summed E-state index contributed by atoms with van der Waals surface area (Å²) in [4.78, 5) is 7.23. The second-order valence-electron chi connectivity index (χ2n) is 7.58. The van der Waals surface area contributed by atoms with Gasteiger partial charge in [-0.3, -0.25) is 9.89 Å². The number of ether oxygens (including phenoxy) is 2. The Balaban J connectivity index is 1.90. The van der Waals surface area contributed by atoms with Crippen molar-refractivity contribution in [3.63, 3.8) is 0 Å². The summed E-state index contributed by atoms with van der Waals surface area (Å²) in [5, 5.41) is 6.74. The highest BCUT2D eigenvalue weighted by atomic mass is 16.5. The van der Waals surface area contributed by atoms with Gasteiger partial charge in [0.05, 0.1) is 25.8 Å². The van der Waals surface area contributed by atoms with Gasteiger partial charge in [0, 0.05) is 39.4 Å². The summed E-state index contributed by atoms with van der Waals surface area (Å²) in [5.41, 5.74) is 0. The van der Waals surface area contributed by atoms with Gasteiger partial charge >= 0.3 is 0 Å². The molecule has 0 spiro atoms. The second-order valence-corrected chi connectivity index (χ2v) is 7.58. The monoisotopic (exact) mass is 394 g/mol. The van der Waals surface area contributed by atoms with E-state index in [9.17, 15) is 0 Å². The predicted octanol–water partition coefficient (Wildman–Crippen LogP) is 2.58. The normalized spacial score (nSPS) is 17.1. The zero-order valence-corrected chi connectivity index (χ0v) is 18.0. The number of aliphatic imine (C=N–C) groups is 1. The number of hydrogen-bond donors (Lipinski definition) is 2. The van der Waals surface area contributed by atoms with Crippen LogP contribution in [0.4, 0.5) is 0 Å². The Hall–Kier alpha value is -1.57. The maximum Gasteiger partial charge on any atom is 0.191 e. The van der Waals surface area contributed by atoms with Gasteiger partial charge in [0.2, 0.25) is 0 Å². The van der Waals surface area contributed by atoms with Crippen molar-refractivity contribution >= 4 is 5.96 Å². The highest BCUT2D eigenvalue weighted by Crippen LogP contribution is 2.24. The van der Waals surface area contributed by atoms with Crippen molar-refractivity contribution in [2.75, 3.05) is 59.2 Å². The van der Waals surface area contributed by atoms with Crippen LogP contribution >= 0.6 is 0 Å². The number of furan rings is 1. The summed E-state index contributed by atoms with van der Waals surface area (Å²) >= 11 is 0. The van der Waals surface area contributed by atoms with Crippen LogP contribution in [0.1, 0.15) is 44.8 Å². The smallest absolute Gasteiger partial charge is 0.191 e. The molecule has 0 amide bonds. The molecule has 0 bridgehead atoms. The van der Waals surface area contributed by atoms with E-state index in [1.165, 1.54) is 0 Å². The van der Waals surface area contributed by atoms with Crippen LogP contribution in [0.15, 0.2) is 21.5 Å². The van der Waals surface area contributed by atoms with E-state index in [4.69, 9.17) is 18.9 Å². The first-order valence-corrected chi connectivity index (χ1v) is 10.6. The lowest BCUT2D eigenvalue weighted by molar-refractivity contribution is 0.0135. The summed E-state index contributed by atoms with van der Waals surface area (Å²) in [5.74, 6) is 3.33. The van der Waals surface area contributed by atoms with E-state index in [2.05, 4.69) is 42.4 Å². The van der Waals surface area contributed by atoms with Crippen molar-refractivity contribution in [3.05, 3.63) is 23.7 Å². The van der Waals surface area contributed by atoms with E-state index in [0.717, 1.165) is 76.5 Å². The molecule has 0 aliphatic carbocycles. The van der Waals surface area contributed by atoms with Crippen LogP contribution in [0.25, 0.3) is 0 Å². The molecule has 1 unspecified atom stereocenters. The van der Waals surface area contributed by atoms with Crippen molar-refractivity contribution in [2.45, 2.75) is 40.2 Å². The number of morpholine rings is 1. The third-order valence-corrected chi connectivity index (χ3v) is 4.55. The van der Waals surface area contributed by atoms with Crippen LogP contribution in [0.5, 0.6) is 0 Å². The van der Waals surface area contributed by atoms with E-state index in [-0.39, 0.29) is 6.04 Å². The molecule has 1 aliphatic heterocycles. The highest BCUT2D eigenvalue weighted by molar-refractivity contribution is 5.79. The van der Waals surface area contributed by atoms with Gasteiger partial charge in [-0.2, -0.15) is 0 Å². The Morgan fingerprint density at radius 3 is 2.68 bits per heavy atom. The van der Waals surface area contributed by atoms with Gasteiger partial charge in [-0.25, -0.2) is 0 Å². The molecule has 7 nitrogen and oxygen atoms in total. The standard InChI is InChI=1S/C21H38N4O3/c1-5-22-21(23-9-6-12-27-16-17(2)3)24-15-19(20-8-7-18(4)28-20)25-10-13-26-14-11-25/h7-8,17,19H,5-6,9-16H2,1-4H3,(H2,22,23,24). The zero-order valence-electron chi connectivity index (χ0n) is 18.0. The average molecular weight is 395 g/mol. The lowest BCUT2D eigenvalue weighted by Gasteiger charge is -2.32. The van der Waals surface area contributed by atoms with Crippen LogP contribution in [-0.2, 0) is 9.47 Å². The molecule has 160 valence electrons. The average Bonchev–Trinajstić information content (AvgIpc) is 3.11. The van der Waals surface area contributed by atoms with E-state index >= 15 is 0 Å². The Bertz CT molecular complexity index is 568. The quantitative estimate of drug-likeness (QED) is 0.341. The lowest BCUT2D eigenvalue weighted by Crippen LogP contribution is -2.42. The van der Waals surface area contributed by atoms with E-state index in [1.807, 2.05) is 13.0 Å². The Labute approximate surface area is 169 Å². The zero-order chi connectivity index (χ0) is 20.2. The first kappa shape index (κ1) is 22.7. The fraction of sp³-hybridized carbons (Fsp3) is 0.762. The molecule has 2 rings (SSSR count). The van der Waals surface area contributed by atoms with Gasteiger partial charge in [-0.15, -0.1) is 0 Å². The second kappa shape index (κ2) is 12.8. The molecule has 1 aliphatic rings. The minimum Gasteiger partial charge on any atom is -0.465 e. The van der Waals surface area contributed by atoms with Crippen molar-refractivity contribution in [1.29, 1.82) is 0 Å². The third kappa shape index (κ3) is 8.20. The number of nitrogens with one attached hydrogen (secondary N) is 2. The van der Waals surface area contributed by atoms with Gasteiger partial charge < -0.3 is 24.5 Å². The van der Waals surface area contributed by atoms with Gasteiger partial charge in [-0.1, -0.05) is 13.8 Å². The molecule has 1 aromatic rings. The molecule has 28 heavy (non-hydrogen) atoms. The van der Waals surface area contributed by atoms with Crippen LogP contribution in [0.2, 0.25) is 0 Å². The maximum atomic E-state index is 5.93. The number of hydrogen-bond acceptors (Lipinski definition) is 5. The van der Waals surface area contributed by atoms with Crippen LogP contribution in [0, 0.1) is 12.8 Å². The topological polar surface area (TPSA) is 71.3 Å². The molecule has 2 heterocycles. The molecule has 1 aromatic heterocycles. The van der Waals surface area contributed by atoms with Gasteiger partial charge in [0.1, 0.15) is 11.5 Å². The predicted molar refractivity (Wildman–Crippen MR) is 113 cm³/mol. The molecule has 1 atom stereocenters. The molecular weight excluding hydrogens is 356 g/mol. The Kier molecular flexibility index (Phi) is 10.4. The number of aryl methyl sites for hydroxylation is 1. The Morgan fingerprint density at radius 1 is 1.25 bits per heavy atom. The molecule has 0 radical (unpaired) electrons. The molecule has 2 N–H and O–H groups in total. The largest absolute Gasteiger partial charge is 0.465 e. The molecule has 1 saturated heterocycles. The van der Waals surface area contributed by atoms with Crippen molar-refractivity contribution < 1.29 is 13.9 Å². The van der Waals surface area contributed by atoms with Gasteiger partial charge in [0.25, 0.3) is 0 Å². The summed E-state index contributed by atoms with van der Waals surface area (Å²) in [6, 6.07) is 4.22.